The van der Waals surface area contributed by atoms with Gasteiger partial charge < -0.3 is 20.1 Å². The van der Waals surface area contributed by atoms with E-state index in [-0.39, 0.29) is 24.2 Å². The van der Waals surface area contributed by atoms with E-state index in [1.54, 1.807) is 37.2 Å². The van der Waals surface area contributed by atoms with E-state index in [1.165, 1.54) is 0 Å². The average molecular weight is 369 g/mol. The van der Waals surface area contributed by atoms with Gasteiger partial charge in [0, 0.05) is 36.5 Å². The number of hydrogen-bond donors (Lipinski definition) is 2. The normalized spacial score (nSPS) is 14.5. The number of benzene rings is 1. The Hall–Kier alpha value is -3.09. The Bertz CT molecular complexity index is 839. The molecule has 142 valence electrons. The number of phenolic OH excluding ortho intramolecular Hbond substituents is 1. The smallest absolute Gasteiger partial charge is 0.245 e. The number of phenols is 1. The number of aromatic nitrogens is 1. The highest BCUT2D eigenvalue weighted by atomic mass is 16.5. The van der Waals surface area contributed by atoms with Crippen LogP contribution in [0.25, 0.3) is 11.1 Å². The van der Waals surface area contributed by atoms with Crippen LogP contribution in [0.1, 0.15) is 25.8 Å². The van der Waals surface area contributed by atoms with Gasteiger partial charge in [-0.25, -0.2) is 0 Å². The lowest BCUT2D eigenvalue weighted by atomic mass is 10.0. The Morgan fingerprint density at radius 3 is 2.89 bits per heavy atom. The highest BCUT2D eigenvalue weighted by Crippen LogP contribution is 2.37. The van der Waals surface area contributed by atoms with Gasteiger partial charge in [-0.1, -0.05) is 13.0 Å². The van der Waals surface area contributed by atoms with E-state index in [0.717, 1.165) is 11.1 Å². The van der Waals surface area contributed by atoms with E-state index >= 15 is 0 Å². The SMILES string of the molecule is CCC(=O)N[C@@H](C)C(=O)N1CCOc2c(O)cc(-c3cccnc3)cc2C1. The summed E-state index contributed by atoms with van der Waals surface area (Å²) in [7, 11) is 0. The van der Waals surface area contributed by atoms with Gasteiger partial charge in [-0.3, -0.25) is 14.6 Å². The molecule has 2 heterocycles. The molecular formula is C20H23N3O4. The highest BCUT2D eigenvalue weighted by Gasteiger charge is 2.26. The summed E-state index contributed by atoms with van der Waals surface area (Å²) in [6, 6.07) is 6.64. The van der Waals surface area contributed by atoms with Crippen LogP contribution in [0.4, 0.5) is 0 Å². The number of rotatable bonds is 4. The number of amides is 2. The topological polar surface area (TPSA) is 91.8 Å². The van der Waals surface area contributed by atoms with Crippen molar-refractivity contribution in [1.82, 2.24) is 15.2 Å². The second-order valence-electron chi connectivity index (χ2n) is 6.48. The van der Waals surface area contributed by atoms with Crippen LogP contribution < -0.4 is 10.1 Å². The van der Waals surface area contributed by atoms with E-state index in [1.807, 2.05) is 18.2 Å². The Kier molecular flexibility index (Phi) is 5.59. The molecule has 1 aliphatic heterocycles. The van der Waals surface area contributed by atoms with Gasteiger partial charge in [-0.05, 0) is 30.7 Å². The van der Waals surface area contributed by atoms with Crippen molar-refractivity contribution in [2.24, 2.45) is 0 Å². The number of aromatic hydroxyl groups is 1. The summed E-state index contributed by atoms with van der Waals surface area (Å²) in [4.78, 5) is 30.1. The minimum absolute atomic E-state index is 0.0352. The van der Waals surface area contributed by atoms with Gasteiger partial charge in [0.2, 0.25) is 11.8 Å². The van der Waals surface area contributed by atoms with E-state index in [2.05, 4.69) is 10.3 Å². The Labute approximate surface area is 158 Å². The molecule has 0 unspecified atom stereocenters. The molecule has 7 heteroatoms. The molecule has 27 heavy (non-hydrogen) atoms. The first-order valence-corrected chi connectivity index (χ1v) is 8.96. The molecule has 0 aliphatic carbocycles. The number of fused-ring (bicyclic) bond motifs is 1. The predicted molar refractivity (Wildman–Crippen MR) is 100 cm³/mol. The Balaban J connectivity index is 1.86. The Morgan fingerprint density at radius 1 is 1.37 bits per heavy atom. The van der Waals surface area contributed by atoms with E-state index in [9.17, 15) is 14.7 Å². The van der Waals surface area contributed by atoms with Crippen molar-refractivity contribution in [3.8, 4) is 22.6 Å². The minimum atomic E-state index is -0.617. The first-order valence-electron chi connectivity index (χ1n) is 8.96. The third kappa shape index (κ3) is 4.19. The van der Waals surface area contributed by atoms with E-state index in [0.29, 0.717) is 30.8 Å². The first kappa shape index (κ1) is 18.7. The van der Waals surface area contributed by atoms with Crippen molar-refractivity contribution in [1.29, 1.82) is 0 Å². The van der Waals surface area contributed by atoms with Crippen LogP contribution >= 0.6 is 0 Å². The molecular weight excluding hydrogens is 346 g/mol. The van der Waals surface area contributed by atoms with E-state index < -0.39 is 6.04 Å². The van der Waals surface area contributed by atoms with Gasteiger partial charge in [-0.15, -0.1) is 0 Å². The second kappa shape index (κ2) is 8.07. The number of nitrogens with one attached hydrogen (secondary N) is 1. The molecule has 0 saturated carbocycles. The van der Waals surface area contributed by atoms with Gasteiger partial charge in [0.15, 0.2) is 11.5 Å². The summed E-state index contributed by atoms with van der Waals surface area (Å²) in [5.74, 6) is 0.0783. The minimum Gasteiger partial charge on any atom is -0.504 e. The fourth-order valence-electron chi connectivity index (χ4n) is 3.07. The molecule has 1 aromatic carbocycles. The van der Waals surface area contributed by atoms with Gasteiger partial charge in [0.1, 0.15) is 12.6 Å². The molecule has 0 bridgehead atoms. The molecule has 3 rings (SSSR count). The molecule has 2 aromatic rings. The lowest BCUT2D eigenvalue weighted by Gasteiger charge is -2.24. The molecule has 1 aromatic heterocycles. The van der Waals surface area contributed by atoms with E-state index in [4.69, 9.17) is 4.74 Å². The summed E-state index contributed by atoms with van der Waals surface area (Å²) in [6.45, 7) is 4.36. The van der Waals surface area contributed by atoms with Crippen molar-refractivity contribution in [2.45, 2.75) is 32.9 Å². The maximum absolute atomic E-state index is 12.7. The van der Waals surface area contributed by atoms with Crippen molar-refractivity contribution in [2.75, 3.05) is 13.2 Å². The summed E-state index contributed by atoms with van der Waals surface area (Å²) in [5.41, 5.74) is 2.37. The molecule has 0 saturated heterocycles. The number of hydrogen-bond acceptors (Lipinski definition) is 5. The van der Waals surface area contributed by atoms with Gasteiger partial charge >= 0.3 is 0 Å². The van der Waals surface area contributed by atoms with Crippen molar-refractivity contribution in [3.63, 3.8) is 0 Å². The van der Waals surface area contributed by atoms with Crippen LogP contribution in [0.15, 0.2) is 36.7 Å². The number of pyridine rings is 1. The third-order valence-electron chi connectivity index (χ3n) is 4.49. The molecule has 0 fully saturated rings. The molecule has 0 radical (unpaired) electrons. The van der Waals surface area contributed by atoms with Crippen molar-refractivity contribution >= 4 is 11.8 Å². The van der Waals surface area contributed by atoms with Crippen LogP contribution in [0.2, 0.25) is 0 Å². The fraction of sp³-hybridized carbons (Fsp3) is 0.350. The fourth-order valence-corrected chi connectivity index (χ4v) is 3.07. The molecule has 7 nitrogen and oxygen atoms in total. The summed E-state index contributed by atoms with van der Waals surface area (Å²) in [6.07, 6.45) is 3.72. The van der Waals surface area contributed by atoms with Crippen molar-refractivity contribution in [3.05, 3.63) is 42.2 Å². The highest BCUT2D eigenvalue weighted by molar-refractivity contribution is 5.87. The molecule has 2 amide bonds. The van der Waals surface area contributed by atoms with Crippen LogP contribution in [0.3, 0.4) is 0 Å². The zero-order valence-electron chi connectivity index (χ0n) is 15.4. The summed E-state index contributed by atoms with van der Waals surface area (Å²) >= 11 is 0. The predicted octanol–water partition coefficient (Wildman–Crippen LogP) is 2.09. The number of ether oxygens (including phenoxy) is 1. The number of carbonyl (C=O) groups is 2. The number of carbonyl (C=O) groups excluding carboxylic acids is 2. The summed E-state index contributed by atoms with van der Waals surface area (Å²) in [5, 5.41) is 13.1. The number of nitrogens with zero attached hydrogens (tertiary/aromatic N) is 2. The zero-order valence-corrected chi connectivity index (χ0v) is 15.4. The van der Waals surface area contributed by atoms with Gasteiger partial charge in [0.05, 0.1) is 6.54 Å². The van der Waals surface area contributed by atoms with Crippen LogP contribution in [-0.2, 0) is 16.1 Å². The molecule has 1 atom stereocenters. The second-order valence-corrected chi connectivity index (χ2v) is 6.48. The standard InChI is InChI=1S/C20H23N3O4/c1-3-18(25)22-13(2)20(26)23-7-8-27-19-16(12-23)9-15(10-17(19)24)14-5-4-6-21-11-14/h4-6,9-11,13,24H,3,7-8,12H2,1-2H3,(H,22,25)/t13-/m0/s1. The monoisotopic (exact) mass is 369 g/mol. The molecule has 2 N–H and O–H groups in total. The third-order valence-corrected chi connectivity index (χ3v) is 4.49. The summed E-state index contributed by atoms with van der Waals surface area (Å²) < 4.78 is 5.69. The first-order chi connectivity index (χ1) is 13.0. The average Bonchev–Trinajstić information content (AvgIpc) is 2.90. The molecule has 0 spiro atoms. The van der Waals surface area contributed by atoms with Crippen LogP contribution in [0.5, 0.6) is 11.5 Å². The van der Waals surface area contributed by atoms with Crippen LogP contribution in [0, 0.1) is 0 Å². The van der Waals surface area contributed by atoms with Gasteiger partial charge in [0.25, 0.3) is 0 Å². The van der Waals surface area contributed by atoms with Gasteiger partial charge in [-0.2, -0.15) is 0 Å². The largest absolute Gasteiger partial charge is 0.504 e. The zero-order chi connectivity index (χ0) is 19.4. The maximum atomic E-state index is 12.7. The lowest BCUT2D eigenvalue weighted by molar-refractivity contribution is -0.136. The van der Waals surface area contributed by atoms with Crippen LogP contribution in [-0.4, -0.2) is 46.0 Å². The Morgan fingerprint density at radius 2 is 2.19 bits per heavy atom. The maximum Gasteiger partial charge on any atom is 0.245 e. The molecule has 1 aliphatic rings. The van der Waals surface area contributed by atoms with Crippen molar-refractivity contribution < 1.29 is 19.4 Å². The quantitative estimate of drug-likeness (QED) is 0.861. The lowest BCUT2D eigenvalue weighted by Crippen LogP contribution is -2.47.